The van der Waals surface area contributed by atoms with E-state index in [1.54, 1.807) is 18.4 Å². The van der Waals surface area contributed by atoms with Gasteiger partial charge < -0.3 is 4.74 Å². The van der Waals surface area contributed by atoms with Gasteiger partial charge in [0.1, 0.15) is 0 Å². The third kappa shape index (κ3) is 1.30. The number of hydrogen-bond donors (Lipinski definition) is 0. The standard InChI is InChI=1S/C8H11NOS/c1-10-7-4-6(5-7)8-9-2-3-11-8/h2-3,6-7H,4-5H2,1H3. The Labute approximate surface area is 70.2 Å². The maximum Gasteiger partial charge on any atom is 0.0957 e. The van der Waals surface area contributed by atoms with E-state index in [1.807, 2.05) is 11.6 Å². The molecule has 1 aliphatic rings. The second-order valence-electron chi connectivity index (χ2n) is 2.90. The van der Waals surface area contributed by atoms with Crippen LogP contribution in [0.15, 0.2) is 11.6 Å². The van der Waals surface area contributed by atoms with Crippen molar-refractivity contribution in [1.82, 2.24) is 4.98 Å². The molecule has 1 saturated carbocycles. The van der Waals surface area contributed by atoms with Gasteiger partial charge in [-0.15, -0.1) is 11.3 Å². The van der Waals surface area contributed by atoms with Crippen LogP contribution in [0, 0.1) is 0 Å². The van der Waals surface area contributed by atoms with Gasteiger partial charge in [-0.1, -0.05) is 0 Å². The van der Waals surface area contributed by atoms with Gasteiger partial charge >= 0.3 is 0 Å². The van der Waals surface area contributed by atoms with Crippen LogP contribution in [0.2, 0.25) is 0 Å². The Kier molecular flexibility index (Phi) is 1.92. The summed E-state index contributed by atoms with van der Waals surface area (Å²) < 4.78 is 5.19. The van der Waals surface area contributed by atoms with E-state index in [0.717, 1.165) is 12.8 Å². The fourth-order valence-electron chi connectivity index (χ4n) is 1.40. The van der Waals surface area contributed by atoms with Crippen LogP contribution < -0.4 is 0 Å². The summed E-state index contributed by atoms with van der Waals surface area (Å²) in [4.78, 5) is 4.27. The van der Waals surface area contributed by atoms with Gasteiger partial charge in [0.15, 0.2) is 0 Å². The van der Waals surface area contributed by atoms with Crippen molar-refractivity contribution in [2.75, 3.05) is 7.11 Å². The van der Waals surface area contributed by atoms with Crippen molar-refractivity contribution in [3.8, 4) is 0 Å². The highest BCUT2D eigenvalue weighted by Crippen LogP contribution is 2.38. The van der Waals surface area contributed by atoms with Gasteiger partial charge in [0.25, 0.3) is 0 Å². The number of hydrogen-bond acceptors (Lipinski definition) is 3. The molecular weight excluding hydrogens is 158 g/mol. The molecule has 1 heterocycles. The van der Waals surface area contributed by atoms with Crippen molar-refractivity contribution in [2.24, 2.45) is 0 Å². The average molecular weight is 169 g/mol. The molecule has 0 unspecified atom stereocenters. The van der Waals surface area contributed by atoms with Crippen LogP contribution in [-0.2, 0) is 4.74 Å². The Morgan fingerprint density at radius 2 is 2.45 bits per heavy atom. The Morgan fingerprint density at radius 1 is 1.64 bits per heavy atom. The van der Waals surface area contributed by atoms with Crippen molar-refractivity contribution in [3.05, 3.63) is 16.6 Å². The van der Waals surface area contributed by atoms with Crippen molar-refractivity contribution in [1.29, 1.82) is 0 Å². The summed E-state index contributed by atoms with van der Waals surface area (Å²) in [5, 5.41) is 3.31. The third-order valence-corrected chi connectivity index (χ3v) is 3.17. The van der Waals surface area contributed by atoms with Gasteiger partial charge in [-0.2, -0.15) is 0 Å². The molecular formula is C8H11NOS. The van der Waals surface area contributed by atoms with Crippen LogP contribution in [0.3, 0.4) is 0 Å². The third-order valence-electron chi connectivity index (χ3n) is 2.23. The highest BCUT2D eigenvalue weighted by Gasteiger charge is 2.31. The van der Waals surface area contributed by atoms with Crippen molar-refractivity contribution in [3.63, 3.8) is 0 Å². The van der Waals surface area contributed by atoms with Crippen LogP contribution in [0.25, 0.3) is 0 Å². The summed E-state index contributed by atoms with van der Waals surface area (Å²) in [5.74, 6) is 0.681. The zero-order valence-electron chi connectivity index (χ0n) is 6.49. The lowest BCUT2D eigenvalue weighted by Gasteiger charge is -2.32. The molecule has 2 rings (SSSR count). The van der Waals surface area contributed by atoms with E-state index in [2.05, 4.69) is 4.98 Å². The number of rotatable bonds is 2. The number of ether oxygens (including phenoxy) is 1. The van der Waals surface area contributed by atoms with Crippen molar-refractivity contribution < 1.29 is 4.74 Å². The number of aromatic nitrogens is 1. The van der Waals surface area contributed by atoms with Crippen molar-refractivity contribution in [2.45, 2.75) is 24.9 Å². The molecule has 1 aliphatic carbocycles. The van der Waals surface area contributed by atoms with Gasteiger partial charge in [-0.3, -0.25) is 0 Å². The quantitative estimate of drug-likeness (QED) is 0.676. The SMILES string of the molecule is COC1CC(c2nccs2)C1. The molecule has 0 aliphatic heterocycles. The first-order chi connectivity index (χ1) is 5.40. The first kappa shape index (κ1) is 7.25. The predicted molar refractivity (Wildman–Crippen MR) is 44.9 cm³/mol. The fraction of sp³-hybridized carbons (Fsp3) is 0.625. The minimum Gasteiger partial charge on any atom is -0.381 e. The zero-order chi connectivity index (χ0) is 7.68. The molecule has 0 spiro atoms. The van der Waals surface area contributed by atoms with E-state index >= 15 is 0 Å². The molecule has 1 aromatic rings. The highest BCUT2D eigenvalue weighted by molar-refractivity contribution is 7.09. The molecule has 0 bridgehead atoms. The monoisotopic (exact) mass is 169 g/mol. The van der Waals surface area contributed by atoms with E-state index in [1.165, 1.54) is 5.01 Å². The fourth-order valence-corrected chi connectivity index (χ4v) is 2.16. The molecule has 0 radical (unpaired) electrons. The lowest BCUT2D eigenvalue weighted by molar-refractivity contribution is 0.0257. The van der Waals surface area contributed by atoms with Gasteiger partial charge in [0.2, 0.25) is 0 Å². The molecule has 1 aromatic heterocycles. The molecule has 2 nitrogen and oxygen atoms in total. The van der Waals surface area contributed by atoms with Crippen LogP contribution in [-0.4, -0.2) is 18.2 Å². The molecule has 0 N–H and O–H groups in total. The lowest BCUT2D eigenvalue weighted by atomic mass is 9.83. The summed E-state index contributed by atoms with van der Waals surface area (Å²) >= 11 is 1.75. The molecule has 60 valence electrons. The molecule has 3 heteroatoms. The lowest BCUT2D eigenvalue weighted by Crippen LogP contribution is -2.28. The molecule has 0 aromatic carbocycles. The molecule has 1 fully saturated rings. The van der Waals surface area contributed by atoms with Gasteiger partial charge in [0, 0.05) is 24.6 Å². The zero-order valence-corrected chi connectivity index (χ0v) is 7.30. The summed E-state index contributed by atoms with van der Waals surface area (Å²) in [6, 6.07) is 0. The minimum atomic E-state index is 0.490. The number of methoxy groups -OCH3 is 1. The second kappa shape index (κ2) is 2.91. The Bertz CT molecular complexity index is 216. The first-order valence-electron chi connectivity index (χ1n) is 3.82. The van der Waals surface area contributed by atoms with Crippen molar-refractivity contribution >= 4 is 11.3 Å². The summed E-state index contributed by atoms with van der Waals surface area (Å²) in [7, 11) is 1.78. The molecule has 0 amide bonds. The first-order valence-corrected chi connectivity index (χ1v) is 4.70. The molecule has 11 heavy (non-hydrogen) atoms. The van der Waals surface area contributed by atoms with Crippen LogP contribution >= 0.6 is 11.3 Å². The van der Waals surface area contributed by atoms with E-state index in [0.29, 0.717) is 12.0 Å². The number of thiazole rings is 1. The smallest absolute Gasteiger partial charge is 0.0957 e. The second-order valence-corrected chi connectivity index (χ2v) is 3.82. The molecule has 0 atom stereocenters. The summed E-state index contributed by atoms with van der Waals surface area (Å²) in [5.41, 5.74) is 0. The normalized spacial score (nSPS) is 29.9. The largest absolute Gasteiger partial charge is 0.381 e. The van der Waals surface area contributed by atoms with Crippen LogP contribution in [0.4, 0.5) is 0 Å². The van der Waals surface area contributed by atoms with E-state index in [9.17, 15) is 0 Å². The predicted octanol–water partition coefficient (Wildman–Crippen LogP) is 2.04. The van der Waals surface area contributed by atoms with Gasteiger partial charge in [-0.25, -0.2) is 4.98 Å². The van der Waals surface area contributed by atoms with Crippen LogP contribution in [0.1, 0.15) is 23.8 Å². The highest BCUT2D eigenvalue weighted by atomic mass is 32.1. The number of nitrogens with zero attached hydrogens (tertiary/aromatic N) is 1. The average Bonchev–Trinajstić information content (AvgIpc) is 2.37. The van der Waals surface area contributed by atoms with E-state index in [4.69, 9.17) is 4.74 Å². The van der Waals surface area contributed by atoms with E-state index in [-0.39, 0.29) is 0 Å². The van der Waals surface area contributed by atoms with Crippen LogP contribution in [0.5, 0.6) is 0 Å². The summed E-state index contributed by atoms with van der Waals surface area (Å²) in [6.45, 7) is 0. The Balaban J connectivity index is 1.92. The Morgan fingerprint density at radius 3 is 3.00 bits per heavy atom. The Hall–Kier alpha value is -0.410. The molecule has 0 saturated heterocycles. The van der Waals surface area contributed by atoms with Gasteiger partial charge in [0.05, 0.1) is 11.1 Å². The topological polar surface area (TPSA) is 22.1 Å². The summed E-state index contributed by atoms with van der Waals surface area (Å²) in [6.07, 6.45) is 4.68. The van der Waals surface area contributed by atoms with E-state index < -0.39 is 0 Å². The van der Waals surface area contributed by atoms with Gasteiger partial charge in [-0.05, 0) is 12.8 Å². The maximum atomic E-state index is 5.19. The minimum absolute atomic E-state index is 0.490. The maximum absolute atomic E-state index is 5.19.